The van der Waals surface area contributed by atoms with Gasteiger partial charge >= 0.3 is 17.9 Å². The molecule has 0 aromatic rings. The van der Waals surface area contributed by atoms with Gasteiger partial charge in [0.05, 0.1) is 34.4 Å². The van der Waals surface area contributed by atoms with Gasteiger partial charge < -0.3 is 23.8 Å². The molecule has 386 valence electrons. The Labute approximate surface area is 408 Å². The Kier molecular flexibility index (Phi) is 47.2. The molecule has 0 aliphatic rings. The van der Waals surface area contributed by atoms with Crippen LogP contribution in [0.15, 0.2) is 36.5 Å². The third-order valence-corrected chi connectivity index (χ3v) is 12.8. The lowest BCUT2D eigenvalue weighted by atomic mass is 10.0. The molecule has 1 N–H and O–H groups in total. The summed E-state index contributed by atoms with van der Waals surface area (Å²) in [5, 5.41) is 9.67. The fourth-order valence-corrected chi connectivity index (χ4v) is 8.45. The van der Waals surface area contributed by atoms with E-state index in [2.05, 4.69) is 50.3 Å². The van der Waals surface area contributed by atoms with Gasteiger partial charge in [0.15, 0.2) is 12.1 Å². The number of esters is 2. The van der Waals surface area contributed by atoms with Crippen LogP contribution in [0.5, 0.6) is 0 Å². The summed E-state index contributed by atoms with van der Waals surface area (Å²) >= 11 is 0. The second-order valence-electron chi connectivity index (χ2n) is 20.2. The standard InChI is InChI=1S/C58H107NO7/c1-6-8-10-12-14-16-18-20-22-24-26-28-29-31-33-35-37-39-41-43-45-47-49-57(61)66-54(52-64-51-50-55(58(62)63)59(3,4)5)53-65-56(60)48-46-44-42-40-38-36-34-32-30-27-25-23-21-19-17-15-13-11-9-7-2/h14,16,20,22,26,28,54-55H,6-13,15,17-19,21,23-25,27,29-53H2,1-5H3/p+1/b16-14+,22-20+,28-26+. The Balaban J connectivity index is 4.18. The first-order valence-corrected chi connectivity index (χ1v) is 28.0. The van der Waals surface area contributed by atoms with Gasteiger partial charge in [-0.1, -0.05) is 230 Å². The summed E-state index contributed by atoms with van der Waals surface area (Å²) < 4.78 is 17.4. The van der Waals surface area contributed by atoms with Crippen molar-refractivity contribution in [3.63, 3.8) is 0 Å². The molecule has 0 fully saturated rings. The molecule has 0 amide bonds. The van der Waals surface area contributed by atoms with E-state index in [9.17, 15) is 19.5 Å². The van der Waals surface area contributed by atoms with E-state index in [1.54, 1.807) is 0 Å². The number of allylic oxidation sites excluding steroid dienone is 6. The number of hydrogen-bond donors (Lipinski definition) is 1. The zero-order valence-electron chi connectivity index (χ0n) is 44.2. The quantitative estimate of drug-likeness (QED) is 0.0281. The smallest absolute Gasteiger partial charge is 0.362 e. The average Bonchev–Trinajstić information content (AvgIpc) is 3.28. The third-order valence-electron chi connectivity index (χ3n) is 12.8. The van der Waals surface area contributed by atoms with Gasteiger partial charge in [0.2, 0.25) is 0 Å². The number of carboxylic acids is 1. The lowest BCUT2D eigenvalue weighted by molar-refractivity contribution is -0.887. The molecule has 0 heterocycles. The van der Waals surface area contributed by atoms with Gasteiger partial charge in [-0.2, -0.15) is 0 Å². The predicted octanol–water partition coefficient (Wildman–Crippen LogP) is 16.5. The van der Waals surface area contributed by atoms with Crippen molar-refractivity contribution in [1.29, 1.82) is 0 Å². The highest BCUT2D eigenvalue weighted by atomic mass is 16.6. The zero-order chi connectivity index (χ0) is 48.4. The van der Waals surface area contributed by atoms with Gasteiger partial charge in [-0.3, -0.25) is 9.59 Å². The Morgan fingerprint density at radius 2 is 0.803 bits per heavy atom. The molecule has 0 rings (SSSR count). The van der Waals surface area contributed by atoms with Crippen molar-refractivity contribution in [3.05, 3.63) is 36.5 Å². The van der Waals surface area contributed by atoms with Gasteiger partial charge in [0, 0.05) is 19.3 Å². The molecule has 0 saturated heterocycles. The van der Waals surface area contributed by atoms with Crippen molar-refractivity contribution in [2.75, 3.05) is 41.0 Å². The molecule has 0 aliphatic heterocycles. The maximum absolute atomic E-state index is 12.8. The summed E-state index contributed by atoms with van der Waals surface area (Å²) in [6.45, 7) is 4.75. The number of unbranched alkanes of at least 4 members (excludes halogenated alkanes) is 31. The number of rotatable bonds is 51. The maximum Gasteiger partial charge on any atom is 0.362 e. The maximum atomic E-state index is 12.8. The van der Waals surface area contributed by atoms with Crippen LogP contribution in [0.25, 0.3) is 0 Å². The van der Waals surface area contributed by atoms with Crippen LogP contribution in [-0.2, 0) is 28.6 Å². The number of hydrogen-bond acceptors (Lipinski definition) is 6. The lowest BCUT2D eigenvalue weighted by Gasteiger charge is -2.31. The second kappa shape index (κ2) is 49.0. The average molecular weight is 932 g/mol. The molecule has 8 heteroatoms. The molecule has 0 aromatic heterocycles. The highest BCUT2D eigenvalue weighted by Crippen LogP contribution is 2.17. The van der Waals surface area contributed by atoms with E-state index in [1.165, 1.54) is 173 Å². The van der Waals surface area contributed by atoms with Crippen molar-refractivity contribution < 1.29 is 38.2 Å². The fraction of sp³-hybridized carbons (Fsp3) is 0.845. The van der Waals surface area contributed by atoms with Crippen molar-refractivity contribution in [2.45, 2.75) is 276 Å². The van der Waals surface area contributed by atoms with Crippen molar-refractivity contribution in [3.8, 4) is 0 Å². The topological polar surface area (TPSA) is 99.1 Å². The van der Waals surface area contributed by atoms with Crippen LogP contribution >= 0.6 is 0 Å². The number of carbonyl (C=O) groups excluding carboxylic acids is 2. The highest BCUT2D eigenvalue weighted by Gasteiger charge is 2.31. The summed E-state index contributed by atoms with van der Waals surface area (Å²) in [5.41, 5.74) is 0. The molecule has 0 aromatic carbocycles. The zero-order valence-corrected chi connectivity index (χ0v) is 44.2. The summed E-state index contributed by atoms with van der Waals surface area (Å²) in [5.74, 6) is -1.46. The highest BCUT2D eigenvalue weighted by molar-refractivity contribution is 5.72. The second-order valence-corrected chi connectivity index (χ2v) is 20.2. The van der Waals surface area contributed by atoms with Crippen LogP contribution < -0.4 is 0 Å². The normalized spacial score (nSPS) is 13.0. The van der Waals surface area contributed by atoms with Crippen LogP contribution in [-0.4, -0.2) is 80.6 Å². The van der Waals surface area contributed by atoms with E-state index in [4.69, 9.17) is 14.2 Å². The summed E-state index contributed by atoms with van der Waals surface area (Å²) in [6, 6.07) is -0.615. The first kappa shape index (κ1) is 63.5. The Hall–Kier alpha value is -2.45. The lowest BCUT2D eigenvalue weighted by Crippen LogP contribution is -2.50. The van der Waals surface area contributed by atoms with Gasteiger partial charge in [-0.15, -0.1) is 0 Å². The first-order chi connectivity index (χ1) is 32.1. The van der Waals surface area contributed by atoms with Gasteiger partial charge in [0.1, 0.15) is 6.61 Å². The Morgan fingerprint density at radius 1 is 0.455 bits per heavy atom. The van der Waals surface area contributed by atoms with E-state index in [-0.39, 0.29) is 36.2 Å². The van der Waals surface area contributed by atoms with E-state index in [0.29, 0.717) is 19.3 Å². The van der Waals surface area contributed by atoms with Gasteiger partial charge in [0.25, 0.3) is 0 Å². The minimum atomic E-state index is -0.873. The van der Waals surface area contributed by atoms with E-state index in [1.807, 2.05) is 21.1 Å². The van der Waals surface area contributed by atoms with Gasteiger partial charge in [-0.05, 0) is 51.4 Å². The number of nitrogens with zero attached hydrogens (tertiary/aromatic N) is 1. The number of carbonyl (C=O) groups is 3. The molecule has 0 spiro atoms. The van der Waals surface area contributed by atoms with Gasteiger partial charge in [-0.25, -0.2) is 4.79 Å². The van der Waals surface area contributed by atoms with E-state index >= 15 is 0 Å². The minimum absolute atomic E-state index is 0.0492. The van der Waals surface area contributed by atoms with Crippen LogP contribution in [0.2, 0.25) is 0 Å². The number of aliphatic carboxylic acids is 1. The van der Waals surface area contributed by atoms with Crippen LogP contribution in [0.4, 0.5) is 0 Å². The molecule has 8 nitrogen and oxygen atoms in total. The SMILES string of the molecule is CCCCC/C=C/C/C=C/C/C=C/CCCCCCCCCCCC(=O)OC(COCCC(C(=O)O)[N+](C)(C)C)COC(=O)CCCCCCCCCCCCCCCCCCCCCC. The van der Waals surface area contributed by atoms with E-state index in [0.717, 1.165) is 57.8 Å². The molecule has 66 heavy (non-hydrogen) atoms. The molecule has 0 radical (unpaired) electrons. The van der Waals surface area contributed by atoms with Crippen LogP contribution in [0.1, 0.15) is 264 Å². The monoisotopic (exact) mass is 931 g/mol. The van der Waals surface area contributed by atoms with E-state index < -0.39 is 18.1 Å². The van der Waals surface area contributed by atoms with Crippen molar-refractivity contribution in [1.82, 2.24) is 0 Å². The predicted molar refractivity (Wildman–Crippen MR) is 280 cm³/mol. The number of carboxylic acid groups (broad SMARTS) is 1. The Morgan fingerprint density at radius 3 is 1.21 bits per heavy atom. The Bertz CT molecular complexity index is 1170. The molecular formula is C58H108NO7+. The molecule has 0 saturated carbocycles. The van der Waals surface area contributed by atoms with Crippen molar-refractivity contribution in [2.24, 2.45) is 0 Å². The molecular weight excluding hydrogens is 823 g/mol. The van der Waals surface area contributed by atoms with Crippen LogP contribution in [0.3, 0.4) is 0 Å². The molecule has 0 bridgehead atoms. The third kappa shape index (κ3) is 46.7. The van der Waals surface area contributed by atoms with Crippen LogP contribution in [0, 0.1) is 0 Å². The fourth-order valence-electron chi connectivity index (χ4n) is 8.45. The number of likely N-dealkylation sites (N-methyl/N-ethyl adjacent to an activating group) is 1. The molecule has 2 atom stereocenters. The first-order valence-electron chi connectivity index (χ1n) is 28.0. The summed E-state index contributed by atoms with van der Waals surface area (Å²) in [4.78, 5) is 37.3. The van der Waals surface area contributed by atoms with Crippen molar-refractivity contribution >= 4 is 17.9 Å². The number of quaternary nitrogens is 1. The molecule has 0 aliphatic carbocycles. The summed E-state index contributed by atoms with van der Waals surface area (Å²) in [6.07, 6.45) is 59.1. The molecule has 2 unspecified atom stereocenters. The minimum Gasteiger partial charge on any atom is -0.477 e. The summed E-state index contributed by atoms with van der Waals surface area (Å²) in [7, 11) is 5.55. The largest absolute Gasteiger partial charge is 0.477 e. The number of ether oxygens (including phenoxy) is 3.